The Bertz CT molecular complexity index is 392. The molecule has 0 radical (unpaired) electrons. The Labute approximate surface area is 95.2 Å². The number of carbonyl (C=O) groups excluding carboxylic acids is 1. The number of rotatable bonds is 3. The highest BCUT2D eigenvalue weighted by atomic mass is 16.1. The summed E-state index contributed by atoms with van der Waals surface area (Å²) in [5, 5.41) is 0. The van der Waals surface area contributed by atoms with Gasteiger partial charge in [-0.1, -0.05) is 24.3 Å². The van der Waals surface area contributed by atoms with Crippen molar-refractivity contribution >= 4 is 5.91 Å². The van der Waals surface area contributed by atoms with Crippen molar-refractivity contribution < 1.29 is 4.79 Å². The number of nitrogens with two attached hydrogens (primary N) is 2. The second kappa shape index (κ2) is 4.63. The number of carbonyl (C=O) groups is 1. The van der Waals surface area contributed by atoms with E-state index in [1.807, 2.05) is 6.07 Å². The van der Waals surface area contributed by atoms with Gasteiger partial charge in [0.05, 0.1) is 6.04 Å². The van der Waals surface area contributed by atoms with E-state index in [1.165, 1.54) is 11.1 Å². The number of amides is 1. The van der Waals surface area contributed by atoms with Gasteiger partial charge < -0.3 is 11.5 Å². The van der Waals surface area contributed by atoms with Crippen molar-refractivity contribution in [3.05, 3.63) is 35.4 Å². The van der Waals surface area contributed by atoms with Crippen molar-refractivity contribution in [1.29, 1.82) is 0 Å². The molecule has 1 amide bonds. The predicted octanol–water partition coefficient (Wildman–Crippen LogP) is -0.143. The second-order valence-electron chi connectivity index (χ2n) is 4.26. The van der Waals surface area contributed by atoms with Crippen LogP contribution in [0.15, 0.2) is 24.3 Å². The van der Waals surface area contributed by atoms with Crippen molar-refractivity contribution in [3.8, 4) is 0 Å². The Hall–Kier alpha value is -1.39. The lowest BCUT2D eigenvalue weighted by atomic mass is 9.99. The van der Waals surface area contributed by atoms with Gasteiger partial charge in [-0.25, -0.2) is 0 Å². The summed E-state index contributed by atoms with van der Waals surface area (Å²) in [6.07, 6.45) is 1.02. The van der Waals surface area contributed by atoms with Crippen LogP contribution in [-0.4, -0.2) is 29.9 Å². The highest BCUT2D eigenvalue weighted by Gasteiger charge is 2.19. The molecule has 4 heteroatoms. The first-order valence-corrected chi connectivity index (χ1v) is 5.51. The fraction of sp³-hybridized carbons (Fsp3) is 0.417. The van der Waals surface area contributed by atoms with E-state index in [0.29, 0.717) is 6.54 Å². The van der Waals surface area contributed by atoms with E-state index in [2.05, 4.69) is 23.1 Å². The van der Waals surface area contributed by atoms with Crippen LogP contribution < -0.4 is 11.5 Å². The van der Waals surface area contributed by atoms with E-state index in [9.17, 15) is 4.79 Å². The van der Waals surface area contributed by atoms with Crippen LogP contribution in [0.5, 0.6) is 0 Å². The Morgan fingerprint density at radius 2 is 2.06 bits per heavy atom. The molecule has 1 aromatic rings. The normalized spacial score (nSPS) is 17.8. The maximum atomic E-state index is 10.9. The van der Waals surface area contributed by atoms with Gasteiger partial charge in [-0.2, -0.15) is 0 Å². The quantitative estimate of drug-likeness (QED) is 0.743. The monoisotopic (exact) mass is 219 g/mol. The number of hydrogen-bond acceptors (Lipinski definition) is 3. The summed E-state index contributed by atoms with van der Waals surface area (Å²) in [4.78, 5) is 13.1. The lowest BCUT2D eigenvalue weighted by Gasteiger charge is -2.29. The van der Waals surface area contributed by atoms with Crippen molar-refractivity contribution in [3.63, 3.8) is 0 Å². The smallest absolute Gasteiger partial charge is 0.235 e. The van der Waals surface area contributed by atoms with Crippen LogP contribution in [0.2, 0.25) is 0 Å². The third-order valence-corrected chi connectivity index (χ3v) is 3.03. The van der Waals surface area contributed by atoms with Gasteiger partial charge in [0.15, 0.2) is 0 Å². The molecule has 1 unspecified atom stereocenters. The molecule has 0 saturated heterocycles. The van der Waals surface area contributed by atoms with Crippen molar-refractivity contribution in [2.24, 2.45) is 11.5 Å². The number of hydrogen-bond donors (Lipinski definition) is 2. The molecule has 1 aromatic carbocycles. The Balaban J connectivity index is 2.00. The van der Waals surface area contributed by atoms with Gasteiger partial charge in [0.1, 0.15) is 0 Å². The molecule has 0 bridgehead atoms. The molecular formula is C12H17N3O. The standard InChI is InChI=1S/C12H17N3O/c13-11(12(14)16)8-15-6-5-9-3-1-2-4-10(9)7-15/h1-4,11H,5-8,13H2,(H2,14,16). The number of fused-ring (bicyclic) bond motifs is 1. The first-order chi connectivity index (χ1) is 7.66. The molecule has 0 fully saturated rings. The number of primary amides is 1. The molecule has 0 spiro atoms. The van der Waals surface area contributed by atoms with Gasteiger partial charge in [-0.15, -0.1) is 0 Å². The fourth-order valence-electron chi connectivity index (χ4n) is 2.08. The van der Waals surface area contributed by atoms with Crippen LogP contribution in [0.3, 0.4) is 0 Å². The Morgan fingerprint density at radius 3 is 2.75 bits per heavy atom. The van der Waals surface area contributed by atoms with Gasteiger partial charge in [0.2, 0.25) is 5.91 Å². The minimum atomic E-state index is -0.565. The summed E-state index contributed by atoms with van der Waals surface area (Å²) in [5.74, 6) is -0.432. The molecular weight excluding hydrogens is 202 g/mol. The molecule has 2 rings (SSSR count). The summed E-state index contributed by atoms with van der Waals surface area (Å²) in [6.45, 7) is 2.35. The average Bonchev–Trinajstić information content (AvgIpc) is 2.28. The summed E-state index contributed by atoms with van der Waals surface area (Å²) in [6, 6.07) is 7.81. The van der Waals surface area contributed by atoms with E-state index < -0.39 is 11.9 Å². The molecule has 1 atom stereocenters. The van der Waals surface area contributed by atoms with Crippen LogP contribution in [0.1, 0.15) is 11.1 Å². The SMILES string of the molecule is NC(=O)C(N)CN1CCc2ccccc2C1. The molecule has 0 saturated carbocycles. The van der Waals surface area contributed by atoms with Crippen LogP contribution in [-0.2, 0) is 17.8 Å². The highest BCUT2D eigenvalue weighted by molar-refractivity contribution is 5.79. The van der Waals surface area contributed by atoms with E-state index in [0.717, 1.165) is 19.5 Å². The zero-order valence-electron chi connectivity index (χ0n) is 9.23. The number of nitrogens with zero attached hydrogens (tertiary/aromatic N) is 1. The lowest BCUT2D eigenvalue weighted by molar-refractivity contribution is -0.119. The van der Waals surface area contributed by atoms with E-state index >= 15 is 0 Å². The summed E-state index contributed by atoms with van der Waals surface area (Å²) < 4.78 is 0. The summed E-state index contributed by atoms with van der Waals surface area (Å²) in [5.41, 5.74) is 13.5. The molecule has 0 aliphatic carbocycles. The molecule has 1 aliphatic rings. The zero-order chi connectivity index (χ0) is 11.5. The minimum Gasteiger partial charge on any atom is -0.368 e. The maximum Gasteiger partial charge on any atom is 0.235 e. The van der Waals surface area contributed by atoms with Gasteiger partial charge in [0, 0.05) is 19.6 Å². The van der Waals surface area contributed by atoms with Crippen LogP contribution in [0.25, 0.3) is 0 Å². The van der Waals surface area contributed by atoms with Crippen LogP contribution in [0, 0.1) is 0 Å². The minimum absolute atomic E-state index is 0.432. The van der Waals surface area contributed by atoms with Gasteiger partial charge in [-0.3, -0.25) is 9.69 Å². The Kier molecular flexibility index (Phi) is 3.22. The first-order valence-electron chi connectivity index (χ1n) is 5.51. The van der Waals surface area contributed by atoms with E-state index in [4.69, 9.17) is 11.5 Å². The van der Waals surface area contributed by atoms with Gasteiger partial charge >= 0.3 is 0 Å². The third kappa shape index (κ3) is 2.40. The Morgan fingerprint density at radius 1 is 1.38 bits per heavy atom. The molecule has 0 aromatic heterocycles. The van der Waals surface area contributed by atoms with Gasteiger partial charge in [-0.05, 0) is 17.5 Å². The van der Waals surface area contributed by atoms with Crippen LogP contribution in [0.4, 0.5) is 0 Å². The third-order valence-electron chi connectivity index (χ3n) is 3.03. The topological polar surface area (TPSA) is 72.3 Å². The first kappa shape index (κ1) is 11.1. The molecule has 1 aliphatic heterocycles. The molecule has 4 nitrogen and oxygen atoms in total. The average molecular weight is 219 g/mol. The van der Waals surface area contributed by atoms with E-state index in [1.54, 1.807) is 0 Å². The summed E-state index contributed by atoms with van der Waals surface area (Å²) >= 11 is 0. The molecule has 1 heterocycles. The van der Waals surface area contributed by atoms with Crippen molar-refractivity contribution in [2.75, 3.05) is 13.1 Å². The second-order valence-corrected chi connectivity index (χ2v) is 4.26. The largest absolute Gasteiger partial charge is 0.368 e. The van der Waals surface area contributed by atoms with Gasteiger partial charge in [0.25, 0.3) is 0 Å². The fourth-order valence-corrected chi connectivity index (χ4v) is 2.08. The maximum absolute atomic E-state index is 10.9. The van der Waals surface area contributed by atoms with Crippen molar-refractivity contribution in [2.45, 2.75) is 19.0 Å². The summed E-state index contributed by atoms with van der Waals surface area (Å²) in [7, 11) is 0. The van der Waals surface area contributed by atoms with Crippen LogP contribution >= 0.6 is 0 Å². The highest BCUT2D eigenvalue weighted by Crippen LogP contribution is 2.18. The van der Waals surface area contributed by atoms with E-state index in [-0.39, 0.29) is 0 Å². The predicted molar refractivity (Wildman–Crippen MR) is 62.6 cm³/mol. The van der Waals surface area contributed by atoms with Crippen molar-refractivity contribution in [1.82, 2.24) is 4.90 Å². The molecule has 4 N–H and O–H groups in total. The number of benzene rings is 1. The molecule has 86 valence electrons. The molecule has 16 heavy (non-hydrogen) atoms. The lowest BCUT2D eigenvalue weighted by Crippen LogP contribution is -2.47. The zero-order valence-corrected chi connectivity index (χ0v) is 9.23.